The molecule has 5 heteroatoms. The van der Waals surface area contributed by atoms with E-state index < -0.39 is 0 Å². The molecule has 5 nitrogen and oxygen atoms in total. The minimum Gasteiger partial charge on any atom is -0.384 e. The molecule has 1 N–H and O–H groups in total. The zero-order valence-corrected chi connectivity index (χ0v) is 12.9. The van der Waals surface area contributed by atoms with Crippen molar-refractivity contribution in [1.82, 2.24) is 20.1 Å². The van der Waals surface area contributed by atoms with Gasteiger partial charge in [0.05, 0.1) is 6.61 Å². The number of methoxy groups -OCH3 is 1. The molecule has 0 spiro atoms. The van der Waals surface area contributed by atoms with Crippen LogP contribution in [0.1, 0.15) is 62.0 Å². The van der Waals surface area contributed by atoms with Crippen molar-refractivity contribution in [3.63, 3.8) is 0 Å². The molecular formula is C16H26N4O. The number of hydrogen-bond donors (Lipinski definition) is 1. The van der Waals surface area contributed by atoms with Crippen LogP contribution in [0.5, 0.6) is 0 Å². The zero-order chi connectivity index (χ0) is 14.2. The second-order valence-corrected chi connectivity index (χ2v) is 7.07. The SMILES string of the molecule is COC[C@@H]1CN(C2CCCC2)C[C@H]1c1nc(C2CC2)n[nH]1. The predicted octanol–water partition coefficient (Wildman–Crippen LogP) is 2.29. The van der Waals surface area contributed by atoms with Crippen molar-refractivity contribution in [2.24, 2.45) is 5.92 Å². The summed E-state index contributed by atoms with van der Waals surface area (Å²) in [5, 5.41) is 7.67. The van der Waals surface area contributed by atoms with Crippen LogP contribution in [0.2, 0.25) is 0 Å². The molecule has 3 aliphatic rings. The lowest BCUT2D eigenvalue weighted by atomic mass is 9.96. The van der Waals surface area contributed by atoms with Crippen LogP contribution in [0.4, 0.5) is 0 Å². The third-order valence-corrected chi connectivity index (χ3v) is 5.50. The van der Waals surface area contributed by atoms with Crippen molar-refractivity contribution < 1.29 is 4.74 Å². The minimum absolute atomic E-state index is 0.463. The Balaban J connectivity index is 1.49. The van der Waals surface area contributed by atoms with Gasteiger partial charge in [0.1, 0.15) is 5.82 Å². The van der Waals surface area contributed by atoms with Crippen LogP contribution in [0.15, 0.2) is 0 Å². The van der Waals surface area contributed by atoms with Gasteiger partial charge in [-0.05, 0) is 25.7 Å². The third kappa shape index (κ3) is 2.73. The molecule has 0 unspecified atom stereocenters. The van der Waals surface area contributed by atoms with Crippen LogP contribution in [0.25, 0.3) is 0 Å². The van der Waals surface area contributed by atoms with E-state index in [9.17, 15) is 0 Å². The molecule has 1 aromatic rings. The van der Waals surface area contributed by atoms with E-state index in [1.807, 2.05) is 7.11 Å². The molecule has 2 aliphatic carbocycles. The Bertz CT molecular complexity index is 478. The molecule has 0 aromatic carbocycles. The molecule has 0 bridgehead atoms. The van der Waals surface area contributed by atoms with Gasteiger partial charge < -0.3 is 4.74 Å². The molecule has 0 amide bonds. The summed E-state index contributed by atoms with van der Waals surface area (Å²) < 4.78 is 5.47. The van der Waals surface area contributed by atoms with Gasteiger partial charge in [0.15, 0.2) is 5.82 Å². The van der Waals surface area contributed by atoms with E-state index in [4.69, 9.17) is 9.72 Å². The Kier molecular flexibility index (Phi) is 3.71. The standard InChI is InChI=1S/C16H26N4O/c1-21-10-12-8-20(13-4-2-3-5-13)9-14(12)16-17-15(18-19-16)11-6-7-11/h11-14H,2-10H2,1H3,(H,17,18,19)/t12-,14+/m0/s1. The van der Waals surface area contributed by atoms with Gasteiger partial charge in [-0.25, -0.2) is 4.98 Å². The van der Waals surface area contributed by atoms with E-state index in [1.165, 1.54) is 38.5 Å². The van der Waals surface area contributed by atoms with E-state index in [-0.39, 0.29) is 0 Å². The molecule has 21 heavy (non-hydrogen) atoms. The Morgan fingerprint density at radius 1 is 1.19 bits per heavy atom. The average Bonchev–Trinajstić information content (AvgIpc) is 2.96. The molecule has 2 atom stereocenters. The minimum atomic E-state index is 0.463. The number of aromatic amines is 1. The van der Waals surface area contributed by atoms with Crippen LogP contribution in [0.3, 0.4) is 0 Å². The molecule has 2 saturated carbocycles. The number of nitrogens with one attached hydrogen (secondary N) is 1. The lowest BCUT2D eigenvalue weighted by molar-refractivity contribution is 0.142. The largest absolute Gasteiger partial charge is 0.384 e. The molecule has 0 radical (unpaired) electrons. The topological polar surface area (TPSA) is 54.0 Å². The number of rotatable bonds is 5. The van der Waals surface area contributed by atoms with Crippen molar-refractivity contribution in [2.75, 3.05) is 26.8 Å². The molecule has 3 fully saturated rings. The van der Waals surface area contributed by atoms with Crippen LogP contribution < -0.4 is 0 Å². The average molecular weight is 290 g/mol. The summed E-state index contributed by atoms with van der Waals surface area (Å²) >= 11 is 0. The first-order valence-electron chi connectivity index (χ1n) is 8.50. The summed E-state index contributed by atoms with van der Waals surface area (Å²) in [6.45, 7) is 3.11. The van der Waals surface area contributed by atoms with E-state index in [0.717, 1.165) is 37.4 Å². The van der Waals surface area contributed by atoms with E-state index in [0.29, 0.717) is 17.8 Å². The van der Waals surface area contributed by atoms with Crippen LogP contribution >= 0.6 is 0 Å². The summed E-state index contributed by atoms with van der Waals surface area (Å²) in [4.78, 5) is 7.48. The number of ether oxygens (including phenoxy) is 1. The fourth-order valence-electron chi connectivity index (χ4n) is 4.14. The second kappa shape index (κ2) is 5.69. The highest BCUT2D eigenvalue weighted by molar-refractivity contribution is 5.11. The summed E-state index contributed by atoms with van der Waals surface area (Å²) in [6.07, 6.45) is 8.06. The van der Waals surface area contributed by atoms with Gasteiger partial charge in [-0.15, -0.1) is 0 Å². The Morgan fingerprint density at radius 3 is 2.71 bits per heavy atom. The van der Waals surface area contributed by atoms with E-state index >= 15 is 0 Å². The fourth-order valence-corrected chi connectivity index (χ4v) is 4.14. The molecular weight excluding hydrogens is 264 g/mol. The number of aromatic nitrogens is 3. The van der Waals surface area contributed by atoms with E-state index in [2.05, 4.69) is 15.1 Å². The number of H-pyrrole nitrogens is 1. The summed E-state index contributed by atoms with van der Waals surface area (Å²) in [5.41, 5.74) is 0. The van der Waals surface area contributed by atoms with Crippen molar-refractivity contribution in [3.8, 4) is 0 Å². The van der Waals surface area contributed by atoms with Gasteiger partial charge in [-0.1, -0.05) is 12.8 Å². The van der Waals surface area contributed by atoms with Crippen LogP contribution in [-0.4, -0.2) is 52.9 Å². The molecule has 1 saturated heterocycles. The first-order valence-corrected chi connectivity index (χ1v) is 8.50. The van der Waals surface area contributed by atoms with Crippen molar-refractivity contribution in [1.29, 1.82) is 0 Å². The highest BCUT2D eigenvalue weighted by Crippen LogP contribution is 2.40. The summed E-state index contributed by atoms with van der Waals surface area (Å²) in [6, 6.07) is 0.792. The lowest BCUT2D eigenvalue weighted by Crippen LogP contribution is -2.31. The quantitative estimate of drug-likeness (QED) is 0.904. The molecule has 4 rings (SSSR count). The maximum Gasteiger partial charge on any atom is 0.153 e. The third-order valence-electron chi connectivity index (χ3n) is 5.50. The predicted molar refractivity (Wildman–Crippen MR) is 80.3 cm³/mol. The van der Waals surface area contributed by atoms with Gasteiger partial charge >= 0.3 is 0 Å². The number of likely N-dealkylation sites (tertiary alicyclic amines) is 1. The van der Waals surface area contributed by atoms with Crippen molar-refractivity contribution in [3.05, 3.63) is 11.6 Å². The highest BCUT2D eigenvalue weighted by Gasteiger charge is 2.40. The van der Waals surface area contributed by atoms with Crippen molar-refractivity contribution in [2.45, 2.75) is 56.4 Å². The van der Waals surface area contributed by atoms with Crippen LogP contribution in [-0.2, 0) is 4.74 Å². The molecule has 1 aromatic heterocycles. The maximum absolute atomic E-state index is 5.47. The monoisotopic (exact) mass is 290 g/mol. The van der Waals surface area contributed by atoms with Gasteiger partial charge in [-0.3, -0.25) is 10.00 Å². The highest BCUT2D eigenvalue weighted by atomic mass is 16.5. The fraction of sp³-hybridized carbons (Fsp3) is 0.875. The summed E-state index contributed by atoms with van der Waals surface area (Å²) in [7, 11) is 1.81. The first-order chi connectivity index (χ1) is 10.3. The van der Waals surface area contributed by atoms with Gasteiger partial charge in [-0.2, -0.15) is 5.10 Å². The van der Waals surface area contributed by atoms with Crippen LogP contribution in [0, 0.1) is 5.92 Å². The number of hydrogen-bond acceptors (Lipinski definition) is 4. The normalized spacial score (nSPS) is 31.3. The maximum atomic E-state index is 5.47. The summed E-state index contributed by atoms with van der Waals surface area (Å²) in [5.74, 6) is 3.78. The Morgan fingerprint density at radius 2 is 2.00 bits per heavy atom. The molecule has 116 valence electrons. The molecule has 2 heterocycles. The smallest absolute Gasteiger partial charge is 0.153 e. The molecule has 1 aliphatic heterocycles. The van der Waals surface area contributed by atoms with Crippen molar-refractivity contribution >= 4 is 0 Å². The van der Waals surface area contributed by atoms with Gasteiger partial charge in [0.2, 0.25) is 0 Å². The Hall–Kier alpha value is -0.940. The lowest BCUT2D eigenvalue weighted by Gasteiger charge is -2.23. The Labute approximate surface area is 126 Å². The second-order valence-electron chi connectivity index (χ2n) is 7.07. The van der Waals surface area contributed by atoms with E-state index in [1.54, 1.807) is 0 Å². The first kappa shape index (κ1) is 13.7. The van der Waals surface area contributed by atoms with Gasteiger partial charge in [0, 0.05) is 44.0 Å². The van der Waals surface area contributed by atoms with Gasteiger partial charge in [0.25, 0.3) is 0 Å². The zero-order valence-electron chi connectivity index (χ0n) is 12.9. The number of nitrogens with zero attached hydrogens (tertiary/aromatic N) is 3.